The van der Waals surface area contributed by atoms with Crippen molar-refractivity contribution in [3.05, 3.63) is 48.0 Å². The fourth-order valence-electron chi connectivity index (χ4n) is 2.67. The van der Waals surface area contributed by atoms with Gasteiger partial charge in [0.2, 0.25) is 5.91 Å². The van der Waals surface area contributed by atoms with Crippen LogP contribution in [-0.2, 0) is 15.3 Å². The fraction of sp³-hybridized carbons (Fsp3) is 0.333. The van der Waals surface area contributed by atoms with Crippen molar-refractivity contribution in [3.8, 4) is 0 Å². The van der Waals surface area contributed by atoms with E-state index in [4.69, 9.17) is 5.11 Å². The number of thioether (sulfide) groups is 1. The van der Waals surface area contributed by atoms with E-state index >= 15 is 0 Å². The number of carbonyl (C=O) groups is 2. The Labute approximate surface area is 139 Å². The quantitative estimate of drug-likeness (QED) is 0.605. The van der Waals surface area contributed by atoms with Crippen LogP contribution in [0.3, 0.4) is 0 Å². The number of nitrogens with one attached hydrogen (secondary N) is 1. The van der Waals surface area contributed by atoms with Crippen LogP contribution in [-0.4, -0.2) is 29.3 Å². The second-order valence-electron chi connectivity index (χ2n) is 5.83. The lowest BCUT2D eigenvalue weighted by Crippen LogP contribution is -2.38. The lowest BCUT2D eigenvalue weighted by molar-refractivity contribution is -0.148. The van der Waals surface area contributed by atoms with Gasteiger partial charge in [0, 0.05) is 18.1 Å². The zero-order chi connectivity index (χ0) is 16.3. The number of hydrogen-bond acceptors (Lipinski definition) is 3. The Morgan fingerprint density at radius 3 is 2.61 bits per heavy atom. The van der Waals surface area contributed by atoms with E-state index < -0.39 is 11.4 Å². The standard InChI is InChI=1S/C18H19NO3S/c20-16(18(8-9-18)17(21)22)19-10-11-23-12-14-6-3-5-13-4-1-2-7-15(13)14/h1-7H,8-12H2,(H,19,20)(H,21,22). The largest absolute Gasteiger partial charge is 0.480 e. The highest BCUT2D eigenvalue weighted by atomic mass is 32.2. The molecule has 4 nitrogen and oxygen atoms in total. The van der Waals surface area contributed by atoms with Crippen LogP contribution in [0.15, 0.2) is 42.5 Å². The fourth-order valence-corrected chi connectivity index (χ4v) is 3.53. The average molecular weight is 329 g/mol. The molecule has 1 aliphatic rings. The van der Waals surface area contributed by atoms with E-state index in [0.717, 1.165) is 11.5 Å². The smallest absolute Gasteiger partial charge is 0.319 e. The molecule has 0 aromatic heterocycles. The van der Waals surface area contributed by atoms with Gasteiger partial charge in [0.25, 0.3) is 0 Å². The molecule has 0 aliphatic heterocycles. The van der Waals surface area contributed by atoms with Crippen LogP contribution < -0.4 is 5.32 Å². The first kappa shape index (κ1) is 15.9. The summed E-state index contributed by atoms with van der Waals surface area (Å²) in [6, 6.07) is 14.6. The second kappa shape index (κ2) is 6.62. The normalized spacial score (nSPS) is 15.3. The Bertz CT molecular complexity index is 735. The van der Waals surface area contributed by atoms with Crippen LogP contribution in [0.1, 0.15) is 18.4 Å². The predicted molar refractivity (Wildman–Crippen MR) is 92.4 cm³/mol. The molecule has 0 unspecified atom stereocenters. The highest BCUT2D eigenvalue weighted by Gasteiger charge is 2.56. The Hall–Kier alpha value is -2.01. The van der Waals surface area contributed by atoms with Crippen LogP contribution in [0.4, 0.5) is 0 Å². The molecule has 1 fully saturated rings. The van der Waals surface area contributed by atoms with E-state index in [-0.39, 0.29) is 5.91 Å². The molecule has 1 amide bonds. The number of rotatable bonds is 7. The molecule has 0 atom stereocenters. The summed E-state index contributed by atoms with van der Waals surface area (Å²) in [5.74, 6) is 0.306. The molecule has 0 spiro atoms. The SMILES string of the molecule is O=C(O)C1(C(=O)NCCSCc2cccc3ccccc23)CC1. The summed E-state index contributed by atoms with van der Waals surface area (Å²) in [6.45, 7) is 0.503. The maximum atomic E-state index is 11.9. The van der Waals surface area contributed by atoms with E-state index in [1.54, 1.807) is 11.8 Å². The summed E-state index contributed by atoms with van der Waals surface area (Å²) < 4.78 is 0. The topological polar surface area (TPSA) is 66.4 Å². The molecule has 1 aliphatic carbocycles. The van der Waals surface area contributed by atoms with Crippen molar-refractivity contribution in [1.82, 2.24) is 5.32 Å². The van der Waals surface area contributed by atoms with Gasteiger partial charge in [-0.15, -0.1) is 0 Å². The van der Waals surface area contributed by atoms with Crippen LogP contribution in [0.5, 0.6) is 0 Å². The summed E-state index contributed by atoms with van der Waals surface area (Å²) >= 11 is 1.74. The third-order valence-corrected chi connectivity index (χ3v) is 5.27. The summed E-state index contributed by atoms with van der Waals surface area (Å²) in [6.07, 6.45) is 0.911. The van der Waals surface area contributed by atoms with Crippen molar-refractivity contribution >= 4 is 34.4 Å². The number of benzene rings is 2. The van der Waals surface area contributed by atoms with Crippen molar-refractivity contribution in [3.63, 3.8) is 0 Å². The monoisotopic (exact) mass is 329 g/mol. The molecule has 2 N–H and O–H groups in total. The third kappa shape index (κ3) is 3.34. The molecule has 0 heterocycles. The second-order valence-corrected chi connectivity index (χ2v) is 6.94. The molecule has 1 saturated carbocycles. The number of aliphatic carboxylic acids is 1. The minimum Gasteiger partial charge on any atom is -0.480 e. The van der Waals surface area contributed by atoms with Crippen molar-refractivity contribution < 1.29 is 14.7 Å². The number of carboxylic acids is 1. The van der Waals surface area contributed by atoms with Gasteiger partial charge in [-0.3, -0.25) is 9.59 Å². The van der Waals surface area contributed by atoms with Crippen LogP contribution in [0.2, 0.25) is 0 Å². The van der Waals surface area contributed by atoms with Gasteiger partial charge in [-0.25, -0.2) is 0 Å². The summed E-state index contributed by atoms with van der Waals surface area (Å²) in [4.78, 5) is 22.9. The molecule has 0 radical (unpaired) electrons. The van der Waals surface area contributed by atoms with Gasteiger partial charge in [-0.05, 0) is 29.2 Å². The Kier molecular flexibility index (Phi) is 4.57. The molecule has 2 aromatic rings. The molecular weight excluding hydrogens is 310 g/mol. The van der Waals surface area contributed by atoms with Gasteiger partial charge in [-0.1, -0.05) is 42.5 Å². The summed E-state index contributed by atoms with van der Waals surface area (Å²) in [5, 5.41) is 14.3. The first-order valence-corrected chi connectivity index (χ1v) is 8.85. The van der Waals surface area contributed by atoms with Crippen LogP contribution >= 0.6 is 11.8 Å². The number of fused-ring (bicyclic) bond motifs is 1. The summed E-state index contributed by atoms with van der Waals surface area (Å²) in [7, 11) is 0. The molecule has 120 valence electrons. The van der Waals surface area contributed by atoms with E-state index in [1.807, 2.05) is 12.1 Å². The average Bonchev–Trinajstić information content (AvgIpc) is 3.36. The maximum Gasteiger partial charge on any atom is 0.319 e. The van der Waals surface area contributed by atoms with Gasteiger partial charge >= 0.3 is 5.97 Å². The molecule has 0 saturated heterocycles. The third-order valence-electron chi connectivity index (χ3n) is 4.26. The molecular formula is C18H19NO3S. The Morgan fingerprint density at radius 1 is 1.13 bits per heavy atom. The van der Waals surface area contributed by atoms with E-state index in [0.29, 0.717) is 19.4 Å². The molecule has 23 heavy (non-hydrogen) atoms. The minimum atomic E-state index is -1.14. The van der Waals surface area contributed by atoms with E-state index in [9.17, 15) is 9.59 Å². The molecule has 0 bridgehead atoms. The van der Waals surface area contributed by atoms with Gasteiger partial charge in [-0.2, -0.15) is 11.8 Å². The Balaban J connectivity index is 1.47. The first-order valence-electron chi connectivity index (χ1n) is 7.69. The highest BCUT2D eigenvalue weighted by Crippen LogP contribution is 2.46. The van der Waals surface area contributed by atoms with Gasteiger partial charge < -0.3 is 10.4 Å². The van der Waals surface area contributed by atoms with Crippen LogP contribution in [0, 0.1) is 5.41 Å². The molecule has 2 aromatic carbocycles. The molecule has 5 heteroatoms. The number of amides is 1. The highest BCUT2D eigenvalue weighted by molar-refractivity contribution is 7.98. The summed E-state index contributed by atoms with van der Waals surface area (Å²) in [5.41, 5.74) is 0.143. The van der Waals surface area contributed by atoms with Gasteiger partial charge in [0.1, 0.15) is 5.41 Å². The Morgan fingerprint density at radius 2 is 1.87 bits per heavy atom. The van der Waals surface area contributed by atoms with Crippen molar-refractivity contribution in [2.24, 2.45) is 5.41 Å². The lowest BCUT2D eigenvalue weighted by atomic mass is 10.1. The number of carbonyl (C=O) groups excluding carboxylic acids is 1. The van der Waals surface area contributed by atoms with Crippen molar-refractivity contribution in [1.29, 1.82) is 0 Å². The minimum absolute atomic E-state index is 0.337. The predicted octanol–water partition coefficient (Wildman–Crippen LogP) is 3.05. The van der Waals surface area contributed by atoms with Gasteiger partial charge in [0.05, 0.1) is 0 Å². The first-order chi connectivity index (χ1) is 11.1. The van der Waals surface area contributed by atoms with Gasteiger partial charge in [0.15, 0.2) is 0 Å². The van der Waals surface area contributed by atoms with E-state index in [1.165, 1.54) is 16.3 Å². The van der Waals surface area contributed by atoms with Crippen molar-refractivity contribution in [2.75, 3.05) is 12.3 Å². The zero-order valence-electron chi connectivity index (χ0n) is 12.7. The van der Waals surface area contributed by atoms with E-state index in [2.05, 4.69) is 35.6 Å². The number of carboxylic acid groups (broad SMARTS) is 1. The maximum absolute atomic E-state index is 11.9. The zero-order valence-corrected chi connectivity index (χ0v) is 13.6. The van der Waals surface area contributed by atoms with Crippen molar-refractivity contribution in [2.45, 2.75) is 18.6 Å². The number of hydrogen-bond donors (Lipinski definition) is 2. The molecule has 3 rings (SSSR count). The lowest BCUT2D eigenvalue weighted by Gasteiger charge is -2.11. The van der Waals surface area contributed by atoms with Crippen LogP contribution in [0.25, 0.3) is 10.8 Å².